The minimum atomic E-state index is 0.588. The summed E-state index contributed by atoms with van der Waals surface area (Å²) in [5, 5.41) is 3.63. The van der Waals surface area contributed by atoms with Gasteiger partial charge in [-0.05, 0) is 37.8 Å². The van der Waals surface area contributed by atoms with Crippen molar-refractivity contribution in [3.05, 3.63) is 0 Å². The summed E-state index contributed by atoms with van der Waals surface area (Å²) in [4.78, 5) is 2.57. The van der Waals surface area contributed by atoms with Crippen LogP contribution < -0.4 is 5.32 Å². The van der Waals surface area contributed by atoms with Crippen molar-refractivity contribution in [2.75, 3.05) is 26.2 Å². The number of nitrogens with zero attached hydrogens (tertiary/aromatic N) is 1. The summed E-state index contributed by atoms with van der Waals surface area (Å²) in [7, 11) is 0. The zero-order valence-electron chi connectivity index (χ0n) is 8.97. The molecule has 2 heteroatoms. The first kappa shape index (κ1) is 9.47. The van der Waals surface area contributed by atoms with E-state index in [1.807, 2.05) is 0 Å². The summed E-state index contributed by atoms with van der Waals surface area (Å²) in [5.41, 5.74) is 0.588. The van der Waals surface area contributed by atoms with Crippen LogP contribution in [0, 0.1) is 5.41 Å². The van der Waals surface area contributed by atoms with Crippen molar-refractivity contribution in [1.29, 1.82) is 0 Å². The molecule has 2 aliphatic rings. The zero-order chi connectivity index (χ0) is 9.31. The second kappa shape index (κ2) is 3.58. The lowest BCUT2D eigenvalue weighted by Crippen LogP contribution is -2.32. The Morgan fingerprint density at radius 2 is 1.92 bits per heavy atom. The van der Waals surface area contributed by atoms with Gasteiger partial charge in [0, 0.05) is 19.1 Å². The SMILES string of the molecule is CC1(C)CC1NCCN1CCCC1. The predicted octanol–water partition coefficient (Wildman–Crippen LogP) is 1.47. The van der Waals surface area contributed by atoms with Crippen molar-refractivity contribution in [3.8, 4) is 0 Å². The lowest BCUT2D eigenvalue weighted by atomic mass is 10.2. The lowest BCUT2D eigenvalue weighted by Gasteiger charge is -2.15. The van der Waals surface area contributed by atoms with E-state index in [1.165, 1.54) is 45.4 Å². The fourth-order valence-corrected chi connectivity index (χ4v) is 2.22. The highest BCUT2D eigenvalue weighted by Gasteiger charge is 2.44. The second-order valence-electron chi connectivity index (χ2n) is 5.25. The van der Waals surface area contributed by atoms with E-state index in [4.69, 9.17) is 0 Å². The zero-order valence-corrected chi connectivity index (χ0v) is 8.97. The molecule has 1 unspecified atom stereocenters. The number of rotatable bonds is 4. The molecule has 2 nitrogen and oxygen atoms in total. The Morgan fingerprint density at radius 3 is 2.46 bits per heavy atom. The van der Waals surface area contributed by atoms with Gasteiger partial charge in [-0.3, -0.25) is 0 Å². The summed E-state index contributed by atoms with van der Waals surface area (Å²) in [6, 6.07) is 0.801. The first-order valence-corrected chi connectivity index (χ1v) is 5.64. The number of nitrogens with one attached hydrogen (secondary N) is 1. The second-order valence-corrected chi connectivity index (χ2v) is 5.25. The third-order valence-corrected chi connectivity index (χ3v) is 3.53. The summed E-state index contributed by atoms with van der Waals surface area (Å²) >= 11 is 0. The molecular formula is C11H22N2. The molecular weight excluding hydrogens is 160 g/mol. The molecule has 0 aromatic carbocycles. The van der Waals surface area contributed by atoms with E-state index in [-0.39, 0.29) is 0 Å². The Morgan fingerprint density at radius 1 is 1.31 bits per heavy atom. The van der Waals surface area contributed by atoms with Crippen LogP contribution in [-0.4, -0.2) is 37.1 Å². The Labute approximate surface area is 81.7 Å². The van der Waals surface area contributed by atoms with Crippen LogP contribution in [0.1, 0.15) is 33.1 Å². The molecule has 76 valence electrons. The van der Waals surface area contributed by atoms with Crippen molar-refractivity contribution in [3.63, 3.8) is 0 Å². The van der Waals surface area contributed by atoms with E-state index < -0.39 is 0 Å². The first-order valence-electron chi connectivity index (χ1n) is 5.64. The summed E-state index contributed by atoms with van der Waals surface area (Å²) < 4.78 is 0. The smallest absolute Gasteiger partial charge is 0.0125 e. The van der Waals surface area contributed by atoms with Crippen molar-refractivity contribution in [2.45, 2.75) is 39.2 Å². The molecule has 1 saturated heterocycles. The third kappa shape index (κ3) is 2.44. The Hall–Kier alpha value is -0.0800. The van der Waals surface area contributed by atoms with Crippen molar-refractivity contribution in [2.24, 2.45) is 5.41 Å². The van der Waals surface area contributed by atoms with E-state index >= 15 is 0 Å². The molecule has 1 N–H and O–H groups in total. The van der Waals surface area contributed by atoms with Crippen LogP contribution in [0.25, 0.3) is 0 Å². The fraction of sp³-hybridized carbons (Fsp3) is 1.00. The maximum absolute atomic E-state index is 3.63. The first-order chi connectivity index (χ1) is 6.18. The number of hydrogen-bond acceptors (Lipinski definition) is 2. The van der Waals surface area contributed by atoms with E-state index in [0.29, 0.717) is 5.41 Å². The minimum absolute atomic E-state index is 0.588. The van der Waals surface area contributed by atoms with Gasteiger partial charge in [0.25, 0.3) is 0 Å². The summed E-state index contributed by atoms with van der Waals surface area (Å²) in [5.74, 6) is 0. The van der Waals surface area contributed by atoms with Crippen LogP contribution >= 0.6 is 0 Å². The molecule has 0 aromatic heterocycles. The fourth-order valence-electron chi connectivity index (χ4n) is 2.22. The van der Waals surface area contributed by atoms with Gasteiger partial charge in [-0.15, -0.1) is 0 Å². The van der Waals surface area contributed by atoms with Gasteiger partial charge in [-0.25, -0.2) is 0 Å². The molecule has 13 heavy (non-hydrogen) atoms. The summed E-state index contributed by atoms with van der Waals surface area (Å²) in [6.07, 6.45) is 4.19. The van der Waals surface area contributed by atoms with Gasteiger partial charge in [0.1, 0.15) is 0 Å². The largest absolute Gasteiger partial charge is 0.312 e. The van der Waals surface area contributed by atoms with Crippen LogP contribution in [-0.2, 0) is 0 Å². The highest BCUT2D eigenvalue weighted by molar-refractivity contribution is 5.01. The number of likely N-dealkylation sites (tertiary alicyclic amines) is 1. The molecule has 0 spiro atoms. The van der Waals surface area contributed by atoms with Crippen molar-refractivity contribution < 1.29 is 0 Å². The predicted molar refractivity (Wildman–Crippen MR) is 55.9 cm³/mol. The van der Waals surface area contributed by atoms with Crippen molar-refractivity contribution >= 4 is 0 Å². The molecule has 0 amide bonds. The molecule has 2 fully saturated rings. The molecule has 0 radical (unpaired) electrons. The monoisotopic (exact) mass is 182 g/mol. The van der Waals surface area contributed by atoms with Gasteiger partial charge in [-0.2, -0.15) is 0 Å². The molecule has 1 aliphatic heterocycles. The molecule has 1 saturated carbocycles. The molecule has 1 aliphatic carbocycles. The quantitative estimate of drug-likeness (QED) is 0.708. The van der Waals surface area contributed by atoms with Crippen LogP contribution in [0.2, 0.25) is 0 Å². The topological polar surface area (TPSA) is 15.3 Å². The van der Waals surface area contributed by atoms with Gasteiger partial charge in [0.2, 0.25) is 0 Å². The molecule has 0 aromatic rings. The van der Waals surface area contributed by atoms with E-state index in [0.717, 1.165) is 6.04 Å². The van der Waals surface area contributed by atoms with Gasteiger partial charge in [-0.1, -0.05) is 13.8 Å². The highest BCUT2D eigenvalue weighted by atomic mass is 15.2. The number of hydrogen-bond donors (Lipinski definition) is 1. The average Bonchev–Trinajstić information content (AvgIpc) is 2.53. The van der Waals surface area contributed by atoms with E-state index in [2.05, 4.69) is 24.1 Å². The standard InChI is InChI=1S/C11H22N2/c1-11(2)9-10(11)12-5-8-13-6-3-4-7-13/h10,12H,3-9H2,1-2H3. The van der Waals surface area contributed by atoms with Crippen molar-refractivity contribution in [1.82, 2.24) is 10.2 Å². The van der Waals surface area contributed by atoms with Crippen LogP contribution in [0.15, 0.2) is 0 Å². The Kier molecular flexibility index (Phi) is 2.61. The van der Waals surface area contributed by atoms with Gasteiger partial charge >= 0.3 is 0 Å². The van der Waals surface area contributed by atoms with Crippen LogP contribution in [0.3, 0.4) is 0 Å². The van der Waals surface area contributed by atoms with Gasteiger partial charge in [0.05, 0.1) is 0 Å². The maximum Gasteiger partial charge on any atom is 0.0125 e. The van der Waals surface area contributed by atoms with Crippen LogP contribution in [0.5, 0.6) is 0 Å². The molecule has 0 bridgehead atoms. The normalized spacial score (nSPS) is 32.3. The third-order valence-electron chi connectivity index (χ3n) is 3.53. The minimum Gasteiger partial charge on any atom is -0.312 e. The lowest BCUT2D eigenvalue weighted by molar-refractivity contribution is 0.332. The average molecular weight is 182 g/mol. The Balaban J connectivity index is 1.54. The Bertz CT molecular complexity index is 166. The maximum atomic E-state index is 3.63. The summed E-state index contributed by atoms with van der Waals surface area (Å²) in [6.45, 7) is 9.80. The molecule has 2 rings (SSSR count). The van der Waals surface area contributed by atoms with Crippen LogP contribution in [0.4, 0.5) is 0 Å². The molecule has 1 heterocycles. The van der Waals surface area contributed by atoms with E-state index in [9.17, 15) is 0 Å². The highest BCUT2D eigenvalue weighted by Crippen LogP contribution is 2.44. The molecule has 1 atom stereocenters. The van der Waals surface area contributed by atoms with Gasteiger partial charge < -0.3 is 10.2 Å². The van der Waals surface area contributed by atoms with E-state index in [1.54, 1.807) is 0 Å². The van der Waals surface area contributed by atoms with Gasteiger partial charge in [0.15, 0.2) is 0 Å².